The van der Waals surface area contributed by atoms with Crippen molar-refractivity contribution in [3.63, 3.8) is 0 Å². The molecule has 0 radical (unpaired) electrons. The van der Waals surface area contributed by atoms with Crippen LogP contribution in [0.5, 0.6) is 11.5 Å². The van der Waals surface area contributed by atoms with E-state index in [1.54, 1.807) is 0 Å². The minimum atomic E-state index is -0.654. The second-order valence-corrected chi connectivity index (χ2v) is 8.95. The first-order valence-corrected chi connectivity index (χ1v) is 10.6. The van der Waals surface area contributed by atoms with Gasteiger partial charge in [-0.05, 0) is 58.0 Å². The number of hydrogen-bond donors (Lipinski definition) is 1. The number of likely N-dealkylation sites (tertiary alicyclic amines) is 1. The van der Waals surface area contributed by atoms with Crippen LogP contribution in [0, 0.1) is 5.92 Å². The Labute approximate surface area is 176 Å². The van der Waals surface area contributed by atoms with Gasteiger partial charge in [0, 0.05) is 22.9 Å². The molecule has 158 valence electrons. The molecule has 1 N–H and O–H groups in total. The highest BCUT2D eigenvalue weighted by molar-refractivity contribution is 6.18. The second kappa shape index (κ2) is 6.79. The zero-order valence-electron chi connectivity index (χ0n) is 17.6. The quantitative estimate of drug-likeness (QED) is 0.347. The maximum Gasteiger partial charge on any atom is 0.166 e. The molecule has 5 atom stereocenters. The fourth-order valence-corrected chi connectivity index (χ4v) is 6.09. The fourth-order valence-electron chi connectivity index (χ4n) is 6.09. The van der Waals surface area contributed by atoms with Crippen molar-refractivity contribution in [2.45, 2.75) is 50.4 Å². The number of benzene rings is 1. The summed E-state index contributed by atoms with van der Waals surface area (Å²) in [5.74, 6) is 1.08. The van der Waals surface area contributed by atoms with Gasteiger partial charge >= 0.3 is 0 Å². The second-order valence-electron chi connectivity index (χ2n) is 8.95. The highest BCUT2D eigenvalue weighted by Gasteiger charge is 2.64. The number of allylic oxidation sites excluding steroid dienone is 1. The van der Waals surface area contributed by atoms with E-state index in [-0.39, 0.29) is 35.3 Å². The van der Waals surface area contributed by atoms with Gasteiger partial charge in [0.15, 0.2) is 23.1 Å². The number of rotatable bonds is 5. The Bertz CT molecular complexity index is 980. The fraction of sp³-hybridized carbons (Fsp3) is 0.500. The zero-order chi connectivity index (χ0) is 21.2. The van der Waals surface area contributed by atoms with E-state index in [1.807, 2.05) is 12.1 Å². The number of ether oxygens (including phenoxy) is 2. The molecule has 4 aliphatic rings. The molecule has 1 aromatic rings. The minimum absolute atomic E-state index is 0.108. The molecule has 2 heterocycles. The van der Waals surface area contributed by atoms with Crippen LogP contribution < -0.4 is 9.47 Å². The summed E-state index contributed by atoms with van der Waals surface area (Å²) < 4.78 is 12.4. The van der Waals surface area contributed by atoms with E-state index in [4.69, 9.17) is 9.47 Å². The number of Topliss-reactive ketones (excluding diaryl/α,β-unsaturated/α-hetero) is 2. The molecule has 1 saturated heterocycles. The van der Waals surface area contributed by atoms with E-state index in [0.717, 1.165) is 19.4 Å². The van der Waals surface area contributed by atoms with Crippen molar-refractivity contribution in [1.82, 2.24) is 4.90 Å². The van der Waals surface area contributed by atoms with Gasteiger partial charge < -0.3 is 19.5 Å². The van der Waals surface area contributed by atoms with E-state index in [9.17, 15) is 14.7 Å². The number of likely N-dealkylation sites (N-methyl/N-ethyl adjacent to an activating group) is 1. The smallest absolute Gasteiger partial charge is 0.166 e. The van der Waals surface area contributed by atoms with Gasteiger partial charge in [-0.1, -0.05) is 18.2 Å². The third-order valence-corrected chi connectivity index (χ3v) is 7.42. The Hall–Kier alpha value is -2.44. The maximum atomic E-state index is 11.6. The number of aliphatic hydroxyl groups excluding tert-OH is 1. The van der Waals surface area contributed by atoms with E-state index in [0.29, 0.717) is 23.5 Å². The van der Waals surface area contributed by atoms with E-state index >= 15 is 0 Å². The van der Waals surface area contributed by atoms with Crippen molar-refractivity contribution in [2.24, 2.45) is 5.92 Å². The van der Waals surface area contributed by atoms with Gasteiger partial charge in [-0.2, -0.15) is 0 Å². The predicted molar refractivity (Wildman–Crippen MR) is 111 cm³/mol. The summed E-state index contributed by atoms with van der Waals surface area (Å²) >= 11 is 0. The summed E-state index contributed by atoms with van der Waals surface area (Å²) in [4.78, 5) is 25.7. The molecule has 0 saturated carbocycles. The van der Waals surface area contributed by atoms with Crippen molar-refractivity contribution in [2.75, 3.05) is 20.2 Å². The number of carbonyl (C=O) groups excluding carboxylic acids is 2. The summed E-state index contributed by atoms with van der Waals surface area (Å²) in [7, 11) is 2.18. The van der Waals surface area contributed by atoms with Crippen LogP contribution in [0.25, 0.3) is 0 Å². The molecule has 0 aromatic heterocycles. The molecule has 1 aromatic carbocycles. The van der Waals surface area contributed by atoms with Crippen molar-refractivity contribution in [1.29, 1.82) is 0 Å². The summed E-state index contributed by atoms with van der Waals surface area (Å²) in [5.41, 5.74) is 2.37. The molecule has 1 spiro atoms. The molecule has 2 bridgehead atoms. The maximum absolute atomic E-state index is 11.6. The monoisotopic (exact) mass is 409 g/mol. The summed E-state index contributed by atoms with van der Waals surface area (Å²) in [5, 5.41) is 10.8. The normalized spacial score (nSPS) is 32.8. The third-order valence-electron chi connectivity index (χ3n) is 7.42. The Morgan fingerprint density at radius 1 is 1.30 bits per heavy atom. The van der Waals surface area contributed by atoms with Crippen LogP contribution in [-0.2, 0) is 21.4 Å². The van der Waals surface area contributed by atoms with Crippen molar-refractivity contribution >= 4 is 11.6 Å². The standard InChI is InChI=1S/C24H27NO5/c1-13(26)16(14(2)27)8-11-29-20-7-4-15-12-18-17-5-6-19(28)23-24(17,9-10-25(18)3)21(15)22(20)30-23/h4-8,17-19,23,28H,9-12H2,1-3H3/t17-,18+,19-,23-,24-/m0/s1. The summed E-state index contributed by atoms with van der Waals surface area (Å²) in [6.07, 6.45) is 6.50. The molecule has 0 unspecified atom stereocenters. The van der Waals surface area contributed by atoms with Crippen LogP contribution in [-0.4, -0.2) is 60.0 Å². The van der Waals surface area contributed by atoms with Gasteiger partial charge in [-0.25, -0.2) is 0 Å². The van der Waals surface area contributed by atoms with Crippen LogP contribution in [0.1, 0.15) is 31.4 Å². The van der Waals surface area contributed by atoms with E-state index in [1.165, 1.54) is 31.1 Å². The lowest BCUT2D eigenvalue weighted by atomic mass is 9.53. The highest BCUT2D eigenvalue weighted by Crippen LogP contribution is 2.62. The van der Waals surface area contributed by atoms with Crippen molar-refractivity contribution < 1.29 is 24.2 Å². The Morgan fingerprint density at radius 3 is 2.80 bits per heavy atom. The van der Waals surface area contributed by atoms with Gasteiger partial charge in [0.1, 0.15) is 18.8 Å². The largest absolute Gasteiger partial charge is 0.486 e. The summed E-state index contributed by atoms with van der Waals surface area (Å²) in [6.45, 7) is 3.83. The first kappa shape index (κ1) is 19.5. The molecule has 0 amide bonds. The Kier molecular flexibility index (Phi) is 4.42. The average Bonchev–Trinajstić information content (AvgIpc) is 3.05. The lowest BCUT2D eigenvalue weighted by Crippen LogP contribution is -2.64. The van der Waals surface area contributed by atoms with Crippen LogP contribution >= 0.6 is 0 Å². The highest BCUT2D eigenvalue weighted by atomic mass is 16.5. The topological polar surface area (TPSA) is 76.1 Å². The molecular weight excluding hydrogens is 382 g/mol. The molecular formula is C24H27NO5. The van der Waals surface area contributed by atoms with Gasteiger partial charge in [-0.3, -0.25) is 9.59 Å². The van der Waals surface area contributed by atoms with Crippen LogP contribution in [0.15, 0.2) is 35.9 Å². The van der Waals surface area contributed by atoms with Crippen LogP contribution in [0.3, 0.4) is 0 Å². The number of piperidine rings is 1. The SMILES string of the molecule is CC(=O)C(=CCOc1ccc2c3c1O[C@H]1[C@@H](O)C=C[C@H]4[C@@H](C2)N(C)CC[C@@]341)C(C)=O. The van der Waals surface area contributed by atoms with Gasteiger partial charge in [-0.15, -0.1) is 0 Å². The van der Waals surface area contributed by atoms with Gasteiger partial charge in [0.05, 0.1) is 5.57 Å². The van der Waals surface area contributed by atoms with Crippen molar-refractivity contribution in [3.05, 3.63) is 47.1 Å². The molecule has 2 aliphatic heterocycles. The van der Waals surface area contributed by atoms with Gasteiger partial charge in [0.2, 0.25) is 0 Å². The molecule has 6 heteroatoms. The lowest BCUT2D eigenvalue weighted by molar-refractivity contribution is -0.119. The van der Waals surface area contributed by atoms with E-state index < -0.39 is 6.10 Å². The molecule has 6 nitrogen and oxygen atoms in total. The number of hydrogen-bond acceptors (Lipinski definition) is 6. The average molecular weight is 409 g/mol. The lowest BCUT2D eigenvalue weighted by Gasteiger charge is -2.56. The molecule has 30 heavy (non-hydrogen) atoms. The predicted octanol–water partition coefficient (Wildman–Crippen LogP) is 1.98. The van der Waals surface area contributed by atoms with Crippen molar-refractivity contribution in [3.8, 4) is 11.5 Å². The number of ketones is 2. The van der Waals surface area contributed by atoms with Gasteiger partial charge in [0.25, 0.3) is 0 Å². The first-order chi connectivity index (χ1) is 14.3. The zero-order valence-corrected chi connectivity index (χ0v) is 17.6. The summed E-state index contributed by atoms with van der Waals surface area (Å²) in [6, 6.07) is 4.41. The Morgan fingerprint density at radius 2 is 2.07 bits per heavy atom. The molecule has 1 fully saturated rings. The number of carbonyl (C=O) groups is 2. The Balaban J connectivity index is 1.54. The first-order valence-electron chi connectivity index (χ1n) is 10.6. The number of aliphatic hydroxyl groups is 1. The van der Waals surface area contributed by atoms with Crippen LogP contribution in [0.4, 0.5) is 0 Å². The third kappa shape index (κ3) is 2.56. The number of nitrogens with zero attached hydrogens (tertiary/aromatic N) is 1. The minimum Gasteiger partial charge on any atom is -0.486 e. The van der Waals surface area contributed by atoms with Crippen LogP contribution in [0.2, 0.25) is 0 Å². The van der Waals surface area contributed by atoms with E-state index in [2.05, 4.69) is 24.1 Å². The molecule has 2 aliphatic carbocycles. The molecule has 5 rings (SSSR count).